The summed E-state index contributed by atoms with van der Waals surface area (Å²) < 4.78 is 1.84. The summed E-state index contributed by atoms with van der Waals surface area (Å²) in [6, 6.07) is 0. The molecule has 1 heterocycles. The van der Waals surface area contributed by atoms with Crippen LogP contribution in [0.4, 0.5) is 0 Å². The van der Waals surface area contributed by atoms with Gasteiger partial charge < -0.3 is 0 Å². The van der Waals surface area contributed by atoms with Crippen molar-refractivity contribution in [3.63, 3.8) is 0 Å². The van der Waals surface area contributed by atoms with E-state index in [-0.39, 0.29) is 5.41 Å². The zero-order valence-corrected chi connectivity index (χ0v) is 13.9. The van der Waals surface area contributed by atoms with E-state index in [0.29, 0.717) is 10.8 Å². The van der Waals surface area contributed by atoms with Crippen molar-refractivity contribution in [1.29, 1.82) is 0 Å². The number of carbonyl (C=O) groups excluding carboxylic acids is 1. The summed E-state index contributed by atoms with van der Waals surface area (Å²) >= 11 is 6.18. The fourth-order valence-corrected chi connectivity index (χ4v) is 5.74. The Hall–Kier alpha value is -1.09. The van der Waals surface area contributed by atoms with E-state index in [1.54, 1.807) is 12.3 Å². The molecule has 0 spiro atoms. The minimum Gasteiger partial charge on any atom is -0.294 e. The van der Waals surface area contributed by atoms with Crippen molar-refractivity contribution in [2.24, 2.45) is 23.2 Å². The molecule has 22 heavy (non-hydrogen) atoms. The van der Waals surface area contributed by atoms with Crippen LogP contribution >= 0.6 is 11.6 Å². The van der Waals surface area contributed by atoms with Gasteiger partial charge in [0.1, 0.15) is 0 Å². The van der Waals surface area contributed by atoms with E-state index in [9.17, 15) is 4.79 Å². The third-order valence-corrected chi connectivity index (χ3v) is 6.38. The normalized spacial score (nSPS) is 36.4. The largest absolute Gasteiger partial charge is 0.294 e. The molecule has 0 unspecified atom stereocenters. The van der Waals surface area contributed by atoms with Crippen molar-refractivity contribution in [1.82, 2.24) is 9.78 Å². The second-order valence-electron chi connectivity index (χ2n) is 7.59. The molecule has 4 heteroatoms. The summed E-state index contributed by atoms with van der Waals surface area (Å²) in [7, 11) is 0. The average Bonchev–Trinajstić information content (AvgIpc) is 2.83. The Morgan fingerprint density at radius 2 is 1.91 bits per heavy atom. The first-order valence-corrected chi connectivity index (χ1v) is 8.91. The molecule has 4 bridgehead atoms. The maximum Gasteiger partial charge on any atom is 0.161 e. The first-order valence-electron chi connectivity index (χ1n) is 8.53. The Morgan fingerprint density at radius 1 is 1.32 bits per heavy atom. The van der Waals surface area contributed by atoms with Crippen molar-refractivity contribution in [2.75, 3.05) is 0 Å². The van der Waals surface area contributed by atoms with E-state index in [1.807, 2.05) is 17.7 Å². The summed E-state index contributed by atoms with van der Waals surface area (Å²) in [5, 5.41) is 4.85. The summed E-state index contributed by atoms with van der Waals surface area (Å²) in [6.45, 7) is 2.79. The third-order valence-electron chi connectivity index (χ3n) is 6.09. The Labute approximate surface area is 136 Å². The molecule has 4 aliphatic carbocycles. The van der Waals surface area contributed by atoms with E-state index in [4.69, 9.17) is 11.6 Å². The molecule has 0 N–H and O–H groups in total. The van der Waals surface area contributed by atoms with Crippen LogP contribution in [-0.2, 0) is 11.3 Å². The molecule has 4 aliphatic rings. The summed E-state index contributed by atoms with van der Waals surface area (Å²) in [6.07, 6.45) is 12.7. The van der Waals surface area contributed by atoms with Gasteiger partial charge in [-0.3, -0.25) is 9.48 Å². The molecule has 0 saturated heterocycles. The lowest BCUT2D eigenvalue weighted by Crippen LogP contribution is -2.49. The zero-order chi connectivity index (χ0) is 15.3. The van der Waals surface area contributed by atoms with E-state index in [0.717, 1.165) is 49.3 Å². The maximum atomic E-state index is 12.9. The number of hydrogen-bond acceptors (Lipinski definition) is 2. The van der Waals surface area contributed by atoms with Crippen LogP contribution in [0.1, 0.15) is 51.1 Å². The molecule has 1 aromatic rings. The summed E-state index contributed by atoms with van der Waals surface area (Å²) in [4.78, 5) is 12.9. The van der Waals surface area contributed by atoms with Crippen LogP contribution in [0.3, 0.4) is 0 Å². The predicted octanol–water partition coefficient (Wildman–Crippen LogP) is 4.36. The van der Waals surface area contributed by atoms with Crippen LogP contribution in [0.2, 0.25) is 5.02 Å². The molecule has 4 saturated carbocycles. The summed E-state index contributed by atoms with van der Waals surface area (Å²) in [5.41, 5.74) is 0.789. The predicted molar refractivity (Wildman–Crippen MR) is 87.6 cm³/mol. The molecule has 0 atom stereocenters. The Morgan fingerprint density at radius 3 is 2.45 bits per heavy atom. The van der Waals surface area contributed by atoms with Crippen LogP contribution in [-0.4, -0.2) is 15.6 Å². The lowest BCUT2D eigenvalue weighted by atomic mass is 9.48. The first-order chi connectivity index (χ1) is 10.6. The molecular weight excluding hydrogens is 296 g/mol. The third kappa shape index (κ3) is 2.25. The molecule has 118 valence electrons. The van der Waals surface area contributed by atoms with Gasteiger partial charge in [0.2, 0.25) is 0 Å². The lowest BCUT2D eigenvalue weighted by Gasteiger charge is -2.55. The van der Waals surface area contributed by atoms with E-state index in [1.165, 1.54) is 19.3 Å². The number of ketones is 1. The molecular formula is C18H23ClN2O. The number of rotatable bonds is 4. The fourth-order valence-electron chi connectivity index (χ4n) is 5.53. The number of aromatic nitrogens is 2. The highest BCUT2D eigenvalue weighted by Gasteiger charge is 2.53. The van der Waals surface area contributed by atoms with E-state index < -0.39 is 0 Å². The maximum absolute atomic E-state index is 12.9. The highest BCUT2D eigenvalue weighted by Crippen LogP contribution is 2.60. The number of aryl methyl sites for hydroxylation is 1. The Balaban J connectivity index is 1.57. The smallest absolute Gasteiger partial charge is 0.161 e. The van der Waals surface area contributed by atoms with Crippen molar-refractivity contribution >= 4 is 23.5 Å². The van der Waals surface area contributed by atoms with Gasteiger partial charge in [-0.15, -0.1) is 0 Å². The number of halogens is 1. The van der Waals surface area contributed by atoms with Gasteiger partial charge in [0.15, 0.2) is 5.78 Å². The van der Waals surface area contributed by atoms with Crippen LogP contribution in [0.25, 0.3) is 6.08 Å². The monoisotopic (exact) mass is 318 g/mol. The van der Waals surface area contributed by atoms with Crippen molar-refractivity contribution < 1.29 is 4.79 Å². The number of carbonyl (C=O) groups is 1. The van der Waals surface area contributed by atoms with Crippen LogP contribution in [0, 0.1) is 23.2 Å². The summed E-state index contributed by atoms with van der Waals surface area (Å²) in [5.74, 6) is 2.72. The molecule has 1 aromatic heterocycles. The van der Waals surface area contributed by atoms with Gasteiger partial charge in [-0.05, 0) is 75.4 Å². The van der Waals surface area contributed by atoms with Gasteiger partial charge in [0, 0.05) is 12.0 Å². The SMILES string of the molecule is CCn1ncc(Cl)c1/C=C/C(=O)C12CC3CC(CC(C3)C1)C2. The number of allylic oxidation sites excluding steroid dienone is 1. The minimum absolute atomic E-state index is 0.0607. The fraction of sp³-hybridized carbons (Fsp3) is 0.667. The van der Waals surface area contributed by atoms with E-state index >= 15 is 0 Å². The van der Waals surface area contributed by atoms with E-state index in [2.05, 4.69) is 5.10 Å². The van der Waals surface area contributed by atoms with Gasteiger partial charge in [-0.2, -0.15) is 5.10 Å². The first kappa shape index (κ1) is 14.5. The average molecular weight is 319 g/mol. The van der Waals surface area contributed by atoms with Gasteiger partial charge in [0.05, 0.1) is 16.9 Å². The van der Waals surface area contributed by atoms with Gasteiger partial charge in [-0.25, -0.2) is 0 Å². The van der Waals surface area contributed by atoms with Crippen LogP contribution < -0.4 is 0 Å². The molecule has 0 amide bonds. The number of hydrogen-bond donors (Lipinski definition) is 0. The Kier molecular flexibility index (Phi) is 3.44. The standard InChI is InChI=1S/C18H23ClN2O/c1-2-21-16(15(19)11-20-21)3-4-17(22)18-8-12-5-13(9-18)7-14(6-12)10-18/h3-4,11-14H,2,5-10H2,1H3/b4-3+. The van der Waals surface area contributed by atoms with Crippen molar-refractivity contribution in [3.8, 4) is 0 Å². The molecule has 0 radical (unpaired) electrons. The highest BCUT2D eigenvalue weighted by molar-refractivity contribution is 6.31. The van der Waals surface area contributed by atoms with Crippen molar-refractivity contribution in [2.45, 2.75) is 52.0 Å². The Bertz CT molecular complexity index is 596. The molecule has 0 aromatic carbocycles. The quantitative estimate of drug-likeness (QED) is 0.773. The zero-order valence-electron chi connectivity index (χ0n) is 13.1. The minimum atomic E-state index is -0.0607. The van der Waals surface area contributed by atoms with Gasteiger partial charge in [0.25, 0.3) is 0 Å². The van der Waals surface area contributed by atoms with Crippen molar-refractivity contribution in [3.05, 3.63) is 23.0 Å². The lowest BCUT2D eigenvalue weighted by molar-refractivity contribution is -0.138. The van der Waals surface area contributed by atoms with Gasteiger partial charge in [-0.1, -0.05) is 11.6 Å². The highest BCUT2D eigenvalue weighted by atomic mass is 35.5. The molecule has 5 rings (SSSR count). The second kappa shape index (κ2) is 5.23. The molecule has 4 fully saturated rings. The molecule has 3 nitrogen and oxygen atoms in total. The second-order valence-corrected chi connectivity index (χ2v) is 8.00. The van der Waals surface area contributed by atoms with Crippen LogP contribution in [0.5, 0.6) is 0 Å². The number of nitrogens with zero attached hydrogens (tertiary/aromatic N) is 2. The van der Waals surface area contributed by atoms with Crippen LogP contribution in [0.15, 0.2) is 12.3 Å². The molecule has 0 aliphatic heterocycles. The van der Waals surface area contributed by atoms with Gasteiger partial charge >= 0.3 is 0 Å². The topological polar surface area (TPSA) is 34.9 Å².